The molecule has 1 saturated heterocycles. The van der Waals surface area contributed by atoms with Gasteiger partial charge < -0.3 is 4.74 Å². The Kier molecular flexibility index (Phi) is 8.27. The zero-order valence-corrected chi connectivity index (χ0v) is 19.8. The van der Waals surface area contributed by atoms with Crippen LogP contribution in [0.4, 0.5) is 13.2 Å². The number of halogens is 3. The molecule has 4 nitrogen and oxygen atoms in total. The van der Waals surface area contributed by atoms with Crippen molar-refractivity contribution >= 4 is 16.7 Å². The van der Waals surface area contributed by atoms with E-state index in [1.807, 2.05) is 6.07 Å². The first kappa shape index (κ1) is 25.3. The van der Waals surface area contributed by atoms with Crippen LogP contribution in [-0.4, -0.2) is 29.2 Å². The topological polar surface area (TPSA) is 41.6 Å². The molecule has 2 aromatic carbocycles. The van der Waals surface area contributed by atoms with E-state index in [0.29, 0.717) is 12.0 Å². The molecule has 1 atom stereocenters. The molecule has 0 aromatic heterocycles. The van der Waals surface area contributed by atoms with Gasteiger partial charge in [-0.15, -0.1) is 0 Å². The molecule has 1 aliphatic rings. The molecule has 2 aromatic rings. The van der Waals surface area contributed by atoms with E-state index >= 15 is 0 Å². The number of nitrogens with zero attached hydrogens (tertiary/aromatic N) is 1. The summed E-state index contributed by atoms with van der Waals surface area (Å²) in [6.45, 7) is 6.12. The highest BCUT2D eigenvalue weighted by atomic mass is 19.4. The van der Waals surface area contributed by atoms with Crippen molar-refractivity contribution in [3.05, 3.63) is 42.0 Å². The minimum Gasteiger partial charge on any atom is -0.494 e. The number of ether oxygens (including phenoxy) is 1. The number of fused-ring (bicyclic) bond motifs is 1. The van der Waals surface area contributed by atoms with Crippen molar-refractivity contribution in [2.45, 2.75) is 89.9 Å². The molecule has 1 heterocycles. The van der Waals surface area contributed by atoms with Crippen molar-refractivity contribution in [3.63, 3.8) is 0 Å². The second-order valence-corrected chi connectivity index (χ2v) is 9.58. The molecule has 0 radical (unpaired) electrons. The summed E-state index contributed by atoms with van der Waals surface area (Å²) in [5, 5.41) is 2.56. The lowest BCUT2D eigenvalue weighted by Gasteiger charge is -2.38. The standard InChI is InChI=1S/C26H35F3N2O2/c1-4-5-6-7-8-9-10-15-33-22-14-13-19-16-21(12-11-20(19)17-22)24(26(27,28)29)31-25(2,3)18-23(32)30-31/h11-14,16-17,24H,4-10,15,18H2,1-3H3,(H,30,32). The Morgan fingerprint density at radius 3 is 2.27 bits per heavy atom. The molecule has 1 amide bonds. The number of amides is 1. The Hall–Kier alpha value is -2.28. The zero-order chi connectivity index (χ0) is 24.1. The van der Waals surface area contributed by atoms with Crippen molar-refractivity contribution in [1.29, 1.82) is 0 Å². The van der Waals surface area contributed by atoms with E-state index in [9.17, 15) is 18.0 Å². The summed E-state index contributed by atoms with van der Waals surface area (Å²) >= 11 is 0. The molecule has 33 heavy (non-hydrogen) atoms. The van der Waals surface area contributed by atoms with Gasteiger partial charge in [0.25, 0.3) is 0 Å². The fraction of sp³-hybridized carbons (Fsp3) is 0.577. The molecule has 0 spiro atoms. The lowest BCUT2D eigenvalue weighted by Crippen LogP contribution is -2.51. The number of hydrogen-bond donors (Lipinski definition) is 1. The lowest BCUT2D eigenvalue weighted by atomic mass is 9.95. The number of nitrogens with one attached hydrogen (secondary N) is 1. The molecule has 1 N–H and O–H groups in total. The predicted molar refractivity (Wildman–Crippen MR) is 125 cm³/mol. The smallest absolute Gasteiger partial charge is 0.409 e. The van der Waals surface area contributed by atoms with Crippen molar-refractivity contribution in [2.24, 2.45) is 0 Å². The zero-order valence-electron chi connectivity index (χ0n) is 19.8. The lowest BCUT2D eigenvalue weighted by molar-refractivity contribution is -0.203. The second kappa shape index (κ2) is 10.8. The summed E-state index contributed by atoms with van der Waals surface area (Å²) in [6.07, 6.45) is 3.94. The van der Waals surface area contributed by atoms with E-state index in [-0.39, 0.29) is 12.0 Å². The van der Waals surface area contributed by atoms with Crippen molar-refractivity contribution in [1.82, 2.24) is 10.4 Å². The second-order valence-electron chi connectivity index (χ2n) is 9.58. The minimum atomic E-state index is -4.54. The highest BCUT2D eigenvalue weighted by molar-refractivity contribution is 5.85. The van der Waals surface area contributed by atoms with Crippen LogP contribution in [0.1, 0.15) is 83.7 Å². The number of unbranched alkanes of at least 4 members (excludes halogenated alkanes) is 6. The van der Waals surface area contributed by atoms with Gasteiger partial charge in [0, 0.05) is 12.0 Å². The molecule has 0 bridgehead atoms. The highest BCUT2D eigenvalue weighted by Crippen LogP contribution is 2.43. The summed E-state index contributed by atoms with van der Waals surface area (Å²) in [4.78, 5) is 11.8. The number of alkyl halides is 3. The third-order valence-corrected chi connectivity index (χ3v) is 6.23. The quantitative estimate of drug-likeness (QED) is 0.361. The SMILES string of the molecule is CCCCCCCCCOc1ccc2cc(C(N3NC(=O)CC3(C)C)C(F)(F)F)ccc2c1. The van der Waals surface area contributed by atoms with Gasteiger partial charge in [0.15, 0.2) is 6.04 Å². The molecular formula is C26H35F3N2O2. The van der Waals surface area contributed by atoms with Crippen LogP contribution >= 0.6 is 0 Å². The van der Waals surface area contributed by atoms with E-state index in [1.165, 1.54) is 38.2 Å². The molecule has 1 unspecified atom stereocenters. The molecule has 1 fully saturated rings. The summed E-state index contributed by atoms with van der Waals surface area (Å²) in [6, 6.07) is 8.27. The van der Waals surface area contributed by atoms with Crippen LogP contribution in [0.15, 0.2) is 36.4 Å². The van der Waals surface area contributed by atoms with Crippen molar-refractivity contribution < 1.29 is 22.7 Å². The van der Waals surface area contributed by atoms with Crippen LogP contribution in [0.3, 0.4) is 0 Å². The molecule has 3 rings (SSSR count). The van der Waals surface area contributed by atoms with Crippen LogP contribution in [0.25, 0.3) is 10.8 Å². The number of rotatable bonds is 11. The average Bonchev–Trinajstić information content (AvgIpc) is 3.00. The van der Waals surface area contributed by atoms with Gasteiger partial charge in [-0.25, -0.2) is 0 Å². The number of hydrogen-bond acceptors (Lipinski definition) is 3. The molecule has 0 saturated carbocycles. The summed E-state index contributed by atoms with van der Waals surface area (Å²) in [7, 11) is 0. The summed E-state index contributed by atoms with van der Waals surface area (Å²) in [5.74, 6) is 0.319. The van der Waals surface area contributed by atoms with E-state index in [1.54, 1.807) is 38.1 Å². The Morgan fingerprint density at radius 1 is 1.00 bits per heavy atom. The van der Waals surface area contributed by atoms with E-state index in [4.69, 9.17) is 4.74 Å². The first-order chi connectivity index (χ1) is 15.6. The van der Waals surface area contributed by atoms with Crippen molar-refractivity contribution in [2.75, 3.05) is 6.61 Å². The van der Waals surface area contributed by atoms with Crippen molar-refractivity contribution in [3.8, 4) is 5.75 Å². The van der Waals surface area contributed by atoms with Crippen LogP contribution in [-0.2, 0) is 4.79 Å². The van der Waals surface area contributed by atoms with Gasteiger partial charge >= 0.3 is 6.18 Å². The summed E-state index contributed by atoms with van der Waals surface area (Å²) < 4.78 is 48.1. The van der Waals surface area contributed by atoms with Crippen LogP contribution in [0.5, 0.6) is 5.75 Å². The maximum atomic E-state index is 14.1. The largest absolute Gasteiger partial charge is 0.494 e. The molecule has 1 aliphatic heterocycles. The summed E-state index contributed by atoms with van der Waals surface area (Å²) in [5.41, 5.74) is 1.56. The van der Waals surface area contributed by atoms with Gasteiger partial charge in [-0.3, -0.25) is 10.2 Å². The van der Waals surface area contributed by atoms with E-state index in [0.717, 1.165) is 29.0 Å². The Balaban J connectivity index is 1.67. The normalized spacial score (nSPS) is 17.3. The average molecular weight is 465 g/mol. The maximum absolute atomic E-state index is 14.1. The van der Waals surface area contributed by atoms with Gasteiger partial charge in [-0.2, -0.15) is 18.2 Å². The number of hydrazine groups is 1. The molecule has 7 heteroatoms. The monoisotopic (exact) mass is 464 g/mol. The first-order valence-corrected chi connectivity index (χ1v) is 11.9. The Labute approximate surface area is 194 Å². The van der Waals surface area contributed by atoms with Gasteiger partial charge in [-0.1, -0.05) is 63.6 Å². The van der Waals surface area contributed by atoms with Crippen LogP contribution in [0, 0.1) is 0 Å². The third-order valence-electron chi connectivity index (χ3n) is 6.23. The number of carbonyl (C=O) groups is 1. The molecule has 182 valence electrons. The van der Waals surface area contributed by atoms with Gasteiger partial charge in [0.2, 0.25) is 5.91 Å². The van der Waals surface area contributed by atoms with E-state index < -0.39 is 23.7 Å². The third kappa shape index (κ3) is 6.62. The van der Waals surface area contributed by atoms with Gasteiger partial charge in [0.1, 0.15) is 5.75 Å². The molecule has 0 aliphatic carbocycles. The Morgan fingerprint density at radius 2 is 1.64 bits per heavy atom. The molecular weight excluding hydrogens is 429 g/mol. The fourth-order valence-electron chi connectivity index (χ4n) is 4.45. The van der Waals surface area contributed by atoms with E-state index in [2.05, 4.69) is 12.3 Å². The number of benzene rings is 2. The predicted octanol–water partition coefficient (Wildman–Crippen LogP) is 7.09. The van der Waals surface area contributed by atoms with Crippen LogP contribution < -0.4 is 10.2 Å². The van der Waals surface area contributed by atoms with Crippen LogP contribution in [0.2, 0.25) is 0 Å². The minimum absolute atomic E-state index is 0.0204. The fourth-order valence-corrected chi connectivity index (χ4v) is 4.45. The highest BCUT2D eigenvalue weighted by Gasteiger charge is 2.52. The van der Waals surface area contributed by atoms with Gasteiger partial charge in [0.05, 0.1) is 6.61 Å². The van der Waals surface area contributed by atoms with Gasteiger partial charge in [-0.05, 0) is 54.8 Å². The Bertz CT molecular complexity index is 943. The number of carbonyl (C=O) groups excluding carboxylic acids is 1. The maximum Gasteiger partial charge on any atom is 0.409 e. The first-order valence-electron chi connectivity index (χ1n) is 11.9.